The molecular formula is C10H16Cl2O2. The van der Waals surface area contributed by atoms with Crippen LogP contribution in [0.1, 0.15) is 40.5 Å². The molecule has 0 aliphatic carbocycles. The summed E-state index contributed by atoms with van der Waals surface area (Å²) in [6.07, 6.45) is 1.11. The minimum absolute atomic E-state index is 0.379. The first kappa shape index (κ1) is 13.9. The van der Waals surface area contributed by atoms with Crippen molar-refractivity contribution in [3.05, 3.63) is 0 Å². The Morgan fingerprint density at radius 3 is 1.21 bits per heavy atom. The average Bonchev–Trinajstić information content (AvgIpc) is 2.01. The van der Waals surface area contributed by atoms with E-state index >= 15 is 0 Å². The quantitative estimate of drug-likeness (QED) is 0.689. The largest absolute Gasteiger partial charge is 0.281 e. The van der Waals surface area contributed by atoms with Crippen molar-refractivity contribution in [2.24, 2.45) is 10.8 Å². The molecule has 0 fully saturated rings. The first-order chi connectivity index (χ1) is 6.09. The van der Waals surface area contributed by atoms with E-state index in [9.17, 15) is 9.59 Å². The van der Waals surface area contributed by atoms with Gasteiger partial charge in [0.1, 0.15) is 0 Å². The third kappa shape index (κ3) is 3.97. The molecule has 0 aliphatic rings. The molecule has 0 saturated heterocycles. The van der Waals surface area contributed by atoms with Gasteiger partial charge in [-0.3, -0.25) is 9.59 Å². The summed E-state index contributed by atoms with van der Waals surface area (Å²) in [4.78, 5) is 22.0. The fourth-order valence-electron chi connectivity index (χ4n) is 0.822. The van der Waals surface area contributed by atoms with E-state index < -0.39 is 10.8 Å². The molecule has 0 N–H and O–H groups in total. The van der Waals surface area contributed by atoms with Crippen molar-refractivity contribution in [2.75, 3.05) is 0 Å². The molecule has 0 aromatic rings. The summed E-state index contributed by atoms with van der Waals surface area (Å²) in [6, 6.07) is 0. The Morgan fingerprint density at radius 1 is 0.857 bits per heavy atom. The third-order valence-electron chi connectivity index (χ3n) is 2.44. The molecular weight excluding hydrogens is 223 g/mol. The lowest BCUT2D eigenvalue weighted by molar-refractivity contribution is -0.122. The fraction of sp³-hybridized carbons (Fsp3) is 0.800. The maximum atomic E-state index is 11.0. The van der Waals surface area contributed by atoms with E-state index in [1.807, 2.05) is 0 Å². The molecule has 14 heavy (non-hydrogen) atoms. The molecule has 0 saturated carbocycles. The van der Waals surface area contributed by atoms with Gasteiger partial charge in [0.05, 0.1) is 0 Å². The summed E-state index contributed by atoms with van der Waals surface area (Å²) in [6.45, 7) is 7.04. The van der Waals surface area contributed by atoms with Crippen molar-refractivity contribution in [1.29, 1.82) is 0 Å². The van der Waals surface area contributed by atoms with E-state index in [4.69, 9.17) is 23.2 Å². The monoisotopic (exact) mass is 238 g/mol. The number of carbonyl (C=O) groups excluding carboxylic acids is 2. The lowest BCUT2D eigenvalue weighted by atomic mass is 9.80. The molecule has 0 aromatic heterocycles. The van der Waals surface area contributed by atoms with Gasteiger partial charge in [0.25, 0.3) is 0 Å². The highest BCUT2D eigenvalue weighted by molar-refractivity contribution is 6.65. The van der Waals surface area contributed by atoms with Crippen LogP contribution in [0.25, 0.3) is 0 Å². The predicted molar refractivity (Wildman–Crippen MR) is 58.5 cm³/mol. The van der Waals surface area contributed by atoms with E-state index in [0.29, 0.717) is 12.8 Å². The summed E-state index contributed by atoms with van der Waals surface area (Å²) in [5.74, 6) is 0. The van der Waals surface area contributed by atoms with E-state index in [1.54, 1.807) is 27.7 Å². The van der Waals surface area contributed by atoms with Crippen molar-refractivity contribution < 1.29 is 9.59 Å². The predicted octanol–water partition coefficient (Wildman–Crippen LogP) is 3.35. The number of rotatable bonds is 5. The first-order valence-corrected chi connectivity index (χ1v) is 5.25. The standard InChI is InChI=1S/C10H16Cl2O2/c1-9(2,7(11)13)5-6-10(3,4)8(12)14/h5-6H2,1-4H3. The van der Waals surface area contributed by atoms with Crippen molar-refractivity contribution in [1.82, 2.24) is 0 Å². The molecule has 0 rings (SSSR count). The second-order valence-electron chi connectivity index (χ2n) is 4.82. The second kappa shape index (κ2) is 4.63. The number of hydrogen-bond acceptors (Lipinski definition) is 2. The highest BCUT2D eigenvalue weighted by Gasteiger charge is 2.32. The summed E-state index contributed by atoms with van der Waals surface area (Å²) in [7, 11) is 0. The van der Waals surface area contributed by atoms with Gasteiger partial charge < -0.3 is 0 Å². The Bertz CT molecular complexity index is 219. The van der Waals surface area contributed by atoms with E-state index in [1.165, 1.54) is 0 Å². The Labute approximate surface area is 95.0 Å². The van der Waals surface area contributed by atoms with Gasteiger partial charge in [-0.1, -0.05) is 27.7 Å². The molecule has 0 radical (unpaired) electrons. The van der Waals surface area contributed by atoms with E-state index in [-0.39, 0.29) is 10.5 Å². The Balaban J connectivity index is 4.32. The number of hydrogen-bond donors (Lipinski definition) is 0. The minimum atomic E-state index is -0.592. The normalized spacial score (nSPS) is 12.7. The van der Waals surface area contributed by atoms with Gasteiger partial charge in [0, 0.05) is 10.8 Å². The van der Waals surface area contributed by atoms with Gasteiger partial charge >= 0.3 is 0 Å². The third-order valence-corrected chi connectivity index (χ3v) is 3.46. The fourth-order valence-corrected chi connectivity index (χ4v) is 1.01. The van der Waals surface area contributed by atoms with Crippen LogP contribution in [-0.4, -0.2) is 10.5 Å². The maximum Gasteiger partial charge on any atom is 0.227 e. The zero-order valence-corrected chi connectivity index (χ0v) is 10.5. The zero-order chi connectivity index (χ0) is 11.6. The smallest absolute Gasteiger partial charge is 0.227 e. The topological polar surface area (TPSA) is 34.1 Å². The van der Waals surface area contributed by atoms with Crippen LogP contribution in [0.3, 0.4) is 0 Å². The highest BCUT2D eigenvalue weighted by atomic mass is 35.5. The Morgan fingerprint density at radius 2 is 1.07 bits per heavy atom. The van der Waals surface area contributed by atoms with E-state index in [0.717, 1.165) is 0 Å². The Hall–Kier alpha value is -0.0800. The number of halogens is 2. The van der Waals surface area contributed by atoms with Gasteiger partial charge in [0.15, 0.2) is 0 Å². The Kier molecular flexibility index (Phi) is 4.60. The van der Waals surface area contributed by atoms with E-state index in [2.05, 4.69) is 0 Å². The number of carbonyl (C=O) groups is 2. The molecule has 0 unspecified atom stereocenters. The maximum absolute atomic E-state index is 11.0. The van der Waals surface area contributed by atoms with Crippen LogP contribution >= 0.6 is 23.2 Å². The summed E-state index contributed by atoms with van der Waals surface area (Å²) < 4.78 is 0. The molecule has 82 valence electrons. The molecule has 0 aliphatic heterocycles. The molecule has 0 amide bonds. The van der Waals surface area contributed by atoms with Crippen LogP contribution in [0.2, 0.25) is 0 Å². The van der Waals surface area contributed by atoms with Gasteiger partial charge in [-0.25, -0.2) is 0 Å². The van der Waals surface area contributed by atoms with Crippen molar-refractivity contribution >= 4 is 33.7 Å². The molecule has 0 heterocycles. The molecule has 0 atom stereocenters. The van der Waals surface area contributed by atoms with Gasteiger partial charge in [-0.15, -0.1) is 0 Å². The summed E-state index contributed by atoms with van der Waals surface area (Å²) >= 11 is 10.8. The van der Waals surface area contributed by atoms with Crippen LogP contribution in [0, 0.1) is 10.8 Å². The van der Waals surface area contributed by atoms with Crippen LogP contribution in [0.4, 0.5) is 0 Å². The van der Waals surface area contributed by atoms with Gasteiger partial charge in [-0.05, 0) is 36.0 Å². The second-order valence-corrected chi connectivity index (χ2v) is 5.50. The lowest BCUT2D eigenvalue weighted by Gasteiger charge is -2.25. The molecule has 0 bridgehead atoms. The first-order valence-electron chi connectivity index (χ1n) is 4.49. The average molecular weight is 239 g/mol. The molecule has 0 aromatic carbocycles. The van der Waals surface area contributed by atoms with Crippen molar-refractivity contribution in [3.63, 3.8) is 0 Å². The summed E-state index contributed by atoms with van der Waals surface area (Å²) in [5.41, 5.74) is -1.18. The van der Waals surface area contributed by atoms with Crippen molar-refractivity contribution in [2.45, 2.75) is 40.5 Å². The van der Waals surface area contributed by atoms with Gasteiger partial charge in [0.2, 0.25) is 10.5 Å². The van der Waals surface area contributed by atoms with Crippen LogP contribution in [0.15, 0.2) is 0 Å². The molecule has 2 nitrogen and oxygen atoms in total. The highest BCUT2D eigenvalue weighted by Crippen LogP contribution is 2.33. The van der Waals surface area contributed by atoms with Crippen molar-refractivity contribution in [3.8, 4) is 0 Å². The van der Waals surface area contributed by atoms with Crippen LogP contribution < -0.4 is 0 Å². The SMILES string of the molecule is CC(C)(CCC(C)(C)C(=O)Cl)C(=O)Cl. The summed E-state index contributed by atoms with van der Waals surface area (Å²) in [5, 5.41) is -0.759. The lowest BCUT2D eigenvalue weighted by Crippen LogP contribution is -2.26. The zero-order valence-electron chi connectivity index (χ0n) is 8.99. The minimum Gasteiger partial charge on any atom is -0.281 e. The molecule has 4 heteroatoms. The van der Waals surface area contributed by atoms with Crippen LogP contribution in [-0.2, 0) is 9.59 Å². The molecule has 0 spiro atoms. The van der Waals surface area contributed by atoms with Gasteiger partial charge in [-0.2, -0.15) is 0 Å². The van der Waals surface area contributed by atoms with Crippen LogP contribution in [0.5, 0.6) is 0 Å².